The van der Waals surface area contributed by atoms with E-state index in [9.17, 15) is 4.79 Å². The molecule has 0 aliphatic heterocycles. The number of aliphatic hydroxyl groups excluding tert-OH is 1. The van der Waals surface area contributed by atoms with Gasteiger partial charge in [0, 0.05) is 5.41 Å². The number of ether oxygens (including phenoxy) is 2. The van der Waals surface area contributed by atoms with Crippen LogP contribution in [0, 0.1) is 17.3 Å². The molecule has 0 aromatic heterocycles. The van der Waals surface area contributed by atoms with Gasteiger partial charge in [0.1, 0.15) is 18.5 Å². The first-order valence-corrected chi connectivity index (χ1v) is 9.10. The summed E-state index contributed by atoms with van der Waals surface area (Å²) in [6.07, 6.45) is 5.95. The number of carbonyl (C=O) groups excluding carboxylic acids is 1. The molecule has 136 valence electrons. The van der Waals surface area contributed by atoms with Crippen LogP contribution in [0.3, 0.4) is 0 Å². The molecule has 2 saturated carbocycles. The van der Waals surface area contributed by atoms with Crippen LogP contribution in [0.1, 0.15) is 44.1 Å². The first kappa shape index (κ1) is 18.0. The zero-order valence-electron chi connectivity index (χ0n) is 15.1. The quantitative estimate of drug-likeness (QED) is 0.654. The fourth-order valence-electron chi connectivity index (χ4n) is 5.11. The molecule has 0 radical (unpaired) electrons. The molecule has 1 aromatic rings. The molecule has 1 aromatic carbocycles. The zero-order chi connectivity index (χ0) is 18.0. The number of benzene rings is 1. The van der Waals surface area contributed by atoms with Crippen molar-refractivity contribution in [2.45, 2.75) is 44.6 Å². The lowest BCUT2D eigenvalue weighted by atomic mass is 9.58. The van der Waals surface area contributed by atoms with Gasteiger partial charge in [-0.3, -0.25) is 0 Å². The molecule has 2 unspecified atom stereocenters. The van der Waals surface area contributed by atoms with Crippen LogP contribution in [0.5, 0.6) is 5.75 Å². The highest BCUT2D eigenvalue weighted by Crippen LogP contribution is 2.59. The lowest BCUT2D eigenvalue weighted by Gasteiger charge is -2.47. The first-order chi connectivity index (χ1) is 12.0. The summed E-state index contributed by atoms with van der Waals surface area (Å²) in [5, 5.41) is 9.01. The van der Waals surface area contributed by atoms with Crippen molar-refractivity contribution >= 4 is 5.97 Å². The topological polar surface area (TPSA) is 55.8 Å². The van der Waals surface area contributed by atoms with Crippen LogP contribution >= 0.6 is 0 Å². The summed E-state index contributed by atoms with van der Waals surface area (Å²) in [7, 11) is 1.68. The van der Waals surface area contributed by atoms with Crippen molar-refractivity contribution in [1.29, 1.82) is 0 Å². The fraction of sp³-hybridized carbons (Fsp3) is 0.571. The van der Waals surface area contributed by atoms with E-state index in [1.165, 1.54) is 5.56 Å². The predicted molar refractivity (Wildman–Crippen MR) is 96.5 cm³/mol. The number of hydrogen-bond acceptors (Lipinski definition) is 4. The van der Waals surface area contributed by atoms with Crippen LogP contribution in [0.25, 0.3) is 0 Å². The maximum atomic E-state index is 11.6. The van der Waals surface area contributed by atoms with E-state index in [2.05, 4.69) is 31.7 Å². The van der Waals surface area contributed by atoms with E-state index in [4.69, 9.17) is 14.6 Å². The minimum atomic E-state index is -0.545. The Labute approximate surface area is 149 Å². The molecule has 2 aliphatic carbocycles. The molecule has 25 heavy (non-hydrogen) atoms. The van der Waals surface area contributed by atoms with Gasteiger partial charge in [0.15, 0.2) is 0 Å². The molecule has 0 bridgehead atoms. The molecule has 2 fully saturated rings. The van der Waals surface area contributed by atoms with E-state index in [1.54, 1.807) is 7.11 Å². The number of aliphatic hydroxyl groups is 1. The Morgan fingerprint density at radius 2 is 2.04 bits per heavy atom. The molecule has 4 nitrogen and oxygen atoms in total. The standard InChI is InChI=1S/C21H28O4/c1-4-16-17(14-5-7-15(24-3)8-6-14)11-12-21(2)18(16)9-10-19(21)25-20(23)13-22/h4-8,16-19,22H,1,9-13H2,2-3H3/t16?,17-,18?,19-,21-/m0/s1. The highest BCUT2D eigenvalue weighted by Gasteiger charge is 2.54. The van der Waals surface area contributed by atoms with Crippen molar-refractivity contribution < 1.29 is 19.4 Å². The van der Waals surface area contributed by atoms with Gasteiger partial charge in [0.2, 0.25) is 0 Å². The van der Waals surface area contributed by atoms with E-state index in [1.807, 2.05) is 12.1 Å². The average Bonchev–Trinajstić information content (AvgIpc) is 2.97. The van der Waals surface area contributed by atoms with Gasteiger partial charge >= 0.3 is 5.97 Å². The highest BCUT2D eigenvalue weighted by molar-refractivity contribution is 5.70. The van der Waals surface area contributed by atoms with Gasteiger partial charge in [-0.25, -0.2) is 4.79 Å². The summed E-state index contributed by atoms with van der Waals surface area (Å²) < 4.78 is 10.8. The van der Waals surface area contributed by atoms with Gasteiger partial charge in [-0.15, -0.1) is 6.58 Å². The third-order valence-corrected chi connectivity index (χ3v) is 6.46. The third kappa shape index (κ3) is 3.20. The lowest BCUT2D eigenvalue weighted by molar-refractivity contribution is -0.160. The van der Waals surface area contributed by atoms with Crippen molar-refractivity contribution in [3.05, 3.63) is 42.5 Å². The van der Waals surface area contributed by atoms with Crippen LogP contribution in [-0.4, -0.2) is 30.9 Å². The van der Waals surface area contributed by atoms with Crippen LogP contribution in [0.4, 0.5) is 0 Å². The molecular weight excluding hydrogens is 316 g/mol. The number of hydrogen-bond donors (Lipinski definition) is 1. The minimum absolute atomic E-state index is 0.0351. The number of allylic oxidation sites excluding steroid dienone is 1. The molecule has 3 rings (SSSR count). The number of carbonyl (C=O) groups is 1. The Kier molecular flexibility index (Phi) is 5.19. The minimum Gasteiger partial charge on any atom is -0.497 e. The van der Waals surface area contributed by atoms with Crippen molar-refractivity contribution in [1.82, 2.24) is 0 Å². The Hall–Kier alpha value is -1.81. The molecule has 0 heterocycles. The molecule has 0 amide bonds. The first-order valence-electron chi connectivity index (χ1n) is 9.10. The Balaban J connectivity index is 1.82. The number of rotatable bonds is 5. The van der Waals surface area contributed by atoms with Gasteiger partial charge in [-0.1, -0.05) is 25.1 Å². The van der Waals surface area contributed by atoms with E-state index in [0.717, 1.165) is 31.4 Å². The Bertz CT molecular complexity index is 623. The molecule has 4 heteroatoms. The van der Waals surface area contributed by atoms with Crippen molar-refractivity contribution in [3.63, 3.8) is 0 Å². The summed E-state index contributed by atoms with van der Waals surface area (Å²) in [6.45, 7) is 5.81. The third-order valence-electron chi connectivity index (χ3n) is 6.46. The van der Waals surface area contributed by atoms with Crippen LogP contribution < -0.4 is 4.74 Å². The van der Waals surface area contributed by atoms with Gasteiger partial charge in [0.25, 0.3) is 0 Å². The summed E-state index contributed by atoms with van der Waals surface area (Å²) in [4.78, 5) is 11.6. The summed E-state index contributed by atoms with van der Waals surface area (Å²) in [5.74, 6) is 1.61. The summed E-state index contributed by atoms with van der Waals surface area (Å²) in [6, 6.07) is 8.34. The van der Waals surface area contributed by atoms with Crippen LogP contribution in [0.2, 0.25) is 0 Å². The monoisotopic (exact) mass is 344 g/mol. The number of methoxy groups -OCH3 is 1. The van der Waals surface area contributed by atoms with Crippen molar-refractivity contribution in [2.24, 2.45) is 17.3 Å². The van der Waals surface area contributed by atoms with E-state index in [0.29, 0.717) is 17.8 Å². The number of fused-ring (bicyclic) bond motifs is 1. The van der Waals surface area contributed by atoms with Gasteiger partial charge in [-0.2, -0.15) is 0 Å². The average molecular weight is 344 g/mol. The fourth-order valence-corrected chi connectivity index (χ4v) is 5.11. The zero-order valence-corrected chi connectivity index (χ0v) is 15.1. The second-order valence-electron chi connectivity index (χ2n) is 7.56. The second kappa shape index (κ2) is 7.20. The highest BCUT2D eigenvalue weighted by atomic mass is 16.6. The van der Waals surface area contributed by atoms with E-state index >= 15 is 0 Å². The van der Waals surface area contributed by atoms with Gasteiger partial charge in [-0.05, 0) is 61.1 Å². The van der Waals surface area contributed by atoms with Gasteiger partial charge in [0.05, 0.1) is 7.11 Å². The molecule has 2 aliphatic rings. The summed E-state index contributed by atoms with van der Waals surface area (Å²) in [5.41, 5.74) is 1.29. The normalized spacial score (nSPS) is 34.2. The maximum absolute atomic E-state index is 11.6. The van der Waals surface area contributed by atoms with E-state index < -0.39 is 12.6 Å². The van der Waals surface area contributed by atoms with Crippen LogP contribution in [0.15, 0.2) is 36.9 Å². The molecule has 5 atom stereocenters. The van der Waals surface area contributed by atoms with E-state index in [-0.39, 0.29) is 11.5 Å². The molecular formula is C21H28O4. The summed E-state index contributed by atoms with van der Waals surface area (Å²) >= 11 is 0. The second-order valence-corrected chi connectivity index (χ2v) is 7.56. The largest absolute Gasteiger partial charge is 0.497 e. The smallest absolute Gasteiger partial charge is 0.332 e. The van der Waals surface area contributed by atoms with Crippen molar-refractivity contribution in [2.75, 3.05) is 13.7 Å². The lowest BCUT2D eigenvalue weighted by Crippen LogP contribution is -2.43. The predicted octanol–water partition coefficient (Wildman–Crippen LogP) is 3.70. The maximum Gasteiger partial charge on any atom is 0.332 e. The van der Waals surface area contributed by atoms with Gasteiger partial charge < -0.3 is 14.6 Å². The Morgan fingerprint density at radius 1 is 1.32 bits per heavy atom. The molecule has 0 spiro atoms. The molecule has 0 saturated heterocycles. The Morgan fingerprint density at radius 3 is 2.64 bits per heavy atom. The van der Waals surface area contributed by atoms with Crippen LogP contribution in [-0.2, 0) is 9.53 Å². The molecule has 1 N–H and O–H groups in total. The van der Waals surface area contributed by atoms with Crippen molar-refractivity contribution in [3.8, 4) is 5.75 Å². The number of esters is 1. The SMILES string of the molecule is C=CC1C2CC[C@H](OC(=O)CO)[C@@]2(C)CC[C@H]1c1ccc(OC)cc1.